The highest BCUT2D eigenvalue weighted by molar-refractivity contribution is 6.42. The Morgan fingerprint density at radius 2 is 0.752 bits per heavy atom. The van der Waals surface area contributed by atoms with Gasteiger partial charge in [-0.15, -0.1) is 0 Å². The molecule has 16 rings (SSSR count). The number of aromatic nitrogens is 6. The van der Waals surface area contributed by atoms with Crippen LogP contribution >= 0.6 is 0 Å². The molecule has 0 aliphatic carbocycles. The topological polar surface area (TPSA) is 199 Å². The predicted octanol–water partition coefficient (Wildman–Crippen LogP) is 14.8. The van der Waals surface area contributed by atoms with Crippen molar-refractivity contribution in [3.05, 3.63) is 372 Å². The summed E-state index contributed by atoms with van der Waals surface area (Å²) in [6.45, 7) is 0.603. The Bertz CT molecular complexity index is 5070. The van der Waals surface area contributed by atoms with Crippen LogP contribution in [0.4, 0.5) is 11.4 Å². The standard InChI is InChI=1S/C43H36N6O.C42H31N5O2.CH5N/c1-44-29-39(30-14-6-2-7-15-30)47-42(50)38-26-32-27-40-36(28-37(32)46-38)41(31-22-24-45-25-23-31)48-49(40)43(33-16-8-3-9-17-33,34-18-10-4-11-19-34)35-20-12-5-13-21-35;48-28-38(29-13-5-1-6-14-29)45-41(49)37-25-31-26-39-35(27-36(31)44-37)40(30-21-23-43-24-22-30)46-47(39)42(32-15-7-2-8-16-32,33-17-9-3-10-18-33)34-19-11-4-12-20-34;1-2/h2-25,27-28,39,44H,26,29H2,1H3,(H,47,50);1-24,26-28,38H,25H2,(H,45,49);2H2,1H3/t39-;38-;/m11./s1. The molecule has 2 atom stereocenters. The van der Waals surface area contributed by atoms with Crippen LogP contribution in [-0.2, 0) is 38.3 Å². The van der Waals surface area contributed by atoms with E-state index < -0.39 is 17.1 Å². The van der Waals surface area contributed by atoms with Gasteiger partial charge in [-0.25, -0.2) is 19.3 Å². The number of likely N-dealkylation sites (N-methyl/N-ethyl adjacent to an activating group) is 1. The quantitative estimate of drug-likeness (QED) is 0.0449. The van der Waals surface area contributed by atoms with Gasteiger partial charge in [0.25, 0.3) is 11.8 Å². The van der Waals surface area contributed by atoms with Crippen LogP contribution in [0.2, 0.25) is 0 Å². The third kappa shape index (κ3) is 12.6. The fraction of sp³-hybridized carbons (Fsp3) is 0.105. The highest BCUT2D eigenvalue weighted by atomic mass is 16.2. The smallest absolute Gasteiger partial charge is 0.266 e. The molecule has 6 heterocycles. The van der Waals surface area contributed by atoms with Crippen molar-refractivity contribution in [3.63, 3.8) is 0 Å². The van der Waals surface area contributed by atoms with Crippen LogP contribution in [0.25, 0.3) is 44.3 Å². The second-order valence-electron chi connectivity index (χ2n) is 24.6. The zero-order valence-electron chi connectivity index (χ0n) is 55.8. The van der Waals surface area contributed by atoms with Crippen LogP contribution in [0.3, 0.4) is 0 Å². The van der Waals surface area contributed by atoms with Gasteiger partial charge in [-0.3, -0.25) is 19.6 Å². The molecule has 2 amide bonds. The molecule has 494 valence electrons. The number of benzene rings is 10. The number of rotatable bonds is 19. The molecule has 15 heteroatoms. The van der Waals surface area contributed by atoms with Crippen LogP contribution in [0.5, 0.6) is 0 Å². The summed E-state index contributed by atoms with van der Waals surface area (Å²) in [7, 11) is 3.39. The highest BCUT2D eigenvalue weighted by Gasteiger charge is 2.44. The van der Waals surface area contributed by atoms with Crippen molar-refractivity contribution < 1.29 is 14.4 Å². The summed E-state index contributed by atoms with van der Waals surface area (Å²) in [4.78, 5) is 57.6. The molecule has 2 aliphatic rings. The molecule has 0 unspecified atom stereocenters. The first-order valence-corrected chi connectivity index (χ1v) is 33.6. The van der Waals surface area contributed by atoms with Crippen molar-refractivity contribution in [2.75, 3.05) is 20.6 Å². The number of pyridine rings is 2. The molecule has 0 saturated carbocycles. The van der Waals surface area contributed by atoms with E-state index in [4.69, 9.17) is 20.2 Å². The van der Waals surface area contributed by atoms with Gasteiger partial charge in [0, 0.05) is 66.1 Å². The Balaban J connectivity index is 0.000000168. The Labute approximate surface area is 585 Å². The van der Waals surface area contributed by atoms with Gasteiger partial charge in [-0.05, 0) is 118 Å². The normalized spacial score (nSPS) is 12.9. The number of aldehydes is 1. The number of aliphatic imine (C=N–C) groups is 2. The van der Waals surface area contributed by atoms with Gasteiger partial charge >= 0.3 is 0 Å². The maximum absolute atomic E-state index is 13.8. The van der Waals surface area contributed by atoms with Crippen molar-refractivity contribution in [3.8, 4) is 22.5 Å². The van der Waals surface area contributed by atoms with E-state index in [2.05, 4.69) is 205 Å². The average Bonchev–Trinajstić information content (AvgIpc) is 1.63. The monoisotopic (exact) mass is 1320 g/mol. The lowest BCUT2D eigenvalue weighted by Gasteiger charge is -2.37. The van der Waals surface area contributed by atoms with E-state index in [1.54, 1.807) is 24.8 Å². The molecule has 14 aromatic rings. The van der Waals surface area contributed by atoms with E-state index >= 15 is 0 Å². The maximum atomic E-state index is 13.8. The molecule has 0 fully saturated rings. The largest absolute Gasteiger partial charge is 0.343 e. The molecule has 0 bridgehead atoms. The average molecular weight is 1320 g/mol. The molecule has 0 spiro atoms. The van der Waals surface area contributed by atoms with Crippen molar-refractivity contribution in [2.45, 2.75) is 36.0 Å². The summed E-state index contributed by atoms with van der Waals surface area (Å²) < 4.78 is 4.31. The molecule has 15 nitrogen and oxygen atoms in total. The number of nitrogens with zero attached hydrogens (tertiary/aromatic N) is 8. The van der Waals surface area contributed by atoms with Crippen LogP contribution in [-0.4, -0.2) is 79.7 Å². The number of fused-ring (bicyclic) bond motifs is 4. The summed E-state index contributed by atoms with van der Waals surface area (Å²) >= 11 is 0. The summed E-state index contributed by atoms with van der Waals surface area (Å²) in [5.41, 5.74) is 20.5. The number of amides is 2. The number of carbonyl (C=O) groups is 3. The fourth-order valence-corrected chi connectivity index (χ4v) is 14.1. The van der Waals surface area contributed by atoms with Crippen LogP contribution in [0, 0.1) is 0 Å². The van der Waals surface area contributed by atoms with Crippen LogP contribution in [0.1, 0.15) is 67.7 Å². The van der Waals surface area contributed by atoms with Crippen molar-refractivity contribution in [2.24, 2.45) is 15.7 Å². The van der Waals surface area contributed by atoms with Gasteiger partial charge < -0.3 is 26.5 Å². The number of nitrogens with two attached hydrogens (primary N) is 1. The molecular formula is C86H72N12O3. The Morgan fingerprint density at radius 1 is 0.436 bits per heavy atom. The van der Waals surface area contributed by atoms with E-state index in [0.717, 1.165) is 106 Å². The molecule has 101 heavy (non-hydrogen) atoms. The van der Waals surface area contributed by atoms with Crippen LogP contribution < -0.4 is 21.7 Å². The van der Waals surface area contributed by atoms with Gasteiger partial charge in [-0.1, -0.05) is 243 Å². The lowest BCUT2D eigenvalue weighted by Crippen LogP contribution is -2.38. The Hall–Kier alpha value is -12.7. The van der Waals surface area contributed by atoms with E-state index in [1.165, 1.54) is 7.05 Å². The second-order valence-corrected chi connectivity index (χ2v) is 24.6. The summed E-state index contributed by atoms with van der Waals surface area (Å²) in [6, 6.07) is 97.6. The molecule has 0 saturated heterocycles. The van der Waals surface area contributed by atoms with Gasteiger partial charge in [0.2, 0.25) is 0 Å². The summed E-state index contributed by atoms with van der Waals surface area (Å²) in [6.07, 6.45) is 8.61. The molecular weight excluding hydrogens is 1250 g/mol. The summed E-state index contributed by atoms with van der Waals surface area (Å²) in [5, 5.41) is 22.1. The van der Waals surface area contributed by atoms with Gasteiger partial charge in [-0.2, -0.15) is 10.2 Å². The minimum Gasteiger partial charge on any atom is -0.343 e. The molecule has 0 radical (unpaired) electrons. The minimum absolute atomic E-state index is 0.169. The van der Waals surface area contributed by atoms with E-state index in [-0.39, 0.29) is 17.9 Å². The number of nitrogens with one attached hydrogen (secondary N) is 3. The first kappa shape index (κ1) is 65.6. The first-order valence-electron chi connectivity index (χ1n) is 33.6. The summed E-state index contributed by atoms with van der Waals surface area (Å²) in [5.74, 6) is -0.540. The van der Waals surface area contributed by atoms with E-state index in [0.29, 0.717) is 42.1 Å². The SMILES string of the molecule is CN.CNC[C@@H](NC(=O)C1=Nc2cc3c(-c4ccncc4)nn(C(c4ccccc4)(c4ccccc4)c4ccccc4)c3cc2C1)c1ccccc1.O=C[C@@H](NC(=O)C1=Nc2cc3c(-c4ccncc4)nn(C(c4ccccc4)(c4ccccc4)c4ccccc4)c3cc2C1)c1ccccc1. The Morgan fingerprint density at radius 3 is 1.08 bits per heavy atom. The van der Waals surface area contributed by atoms with Crippen molar-refractivity contribution >= 4 is 62.7 Å². The number of hydrogen-bond donors (Lipinski definition) is 4. The Kier molecular flexibility index (Phi) is 19.2. The van der Waals surface area contributed by atoms with Crippen molar-refractivity contribution in [1.82, 2.24) is 45.5 Å². The van der Waals surface area contributed by atoms with Gasteiger partial charge in [0.05, 0.1) is 28.5 Å². The lowest BCUT2D eigenvalue weighted by atomic mass is 9.77. The third-order valence-electron chi connectivity index (χ3n) is 18.7. The zero-order chi connectivity index (χ0) is 69.1. The van der Waals surface area contributed by atoms with Gasteiger partial charge in [0.1, 0.15) is 46.2 Å². The molecule has 4 aromatic heterocycles. The number of carbonyl (C=O) groups excluding carboxylic acids is 3. The molecule has 10 aromatic carbocycles. The van der Waals surface area contributed by atoms with Crippen LogP contribution in [0.15, 0.2) is 326 Å². The zero-order valence-corrected chi connectivity index (χ0v) is 55.8. The molecule has 5 N–H and O–H groups in total. The maximum Gasteiger partial charge on any atom is 0.266 e. The second kappa shape index (κ2) is 29.6. The molecule has 2 aliphatic heterocycles. The first-order chi connectivity index (χ1) is 49.8. The third-order valence-corrected chi connectivity index (χ3v) is 18.7. The van der Waals surface area contributed by atoms with E-state index in [9.17, 15) is 14.4 Å². The van der Waals surface area contributed by atoms with Crippen molar-refractivity contribution in [1.29, 1.82) is 0 Å². The predicted molar refractivity (Wildman–Crippen MR) is 401 cm³/mol. The highest BCUT2D eigenvalue weighted by Crippen LogP contribution is 2.48. The number of hydrogen-bond acceptors (Lipinski definition) is 11. The van der Waals surface area contributed by atoms with E-state index in [1.807, 2.05) is 134 Å². The lowest BCUT2D eigenvalue weighted by molar-refractivity contribution is -0.119. The van der Waals surface area contributed by atoms with Gasteiger partial charge in [0.15, 0.2) is 0 Å². The minimum atomic E-state index is -0.853. The fourth-order valence-electron chi connectivity index (χ4n) is 14.1.